The monoisotopic (exact) mass is 772 g/mol. The Labute approximate surface area is 323 Å². The lowest BCUT2D eigenvalue weighted by atomic mass is 9.91. The van der Waals surface area contributed by atoms with Crippen LogP contribution in [-0.2, 0) is 49.2 Å². The normalized spacial score (nSPS) is 22.6. The first-order valence-electron chi connectivity index (χ1n) is 18.9. The molecular formula is C41H64N2O10Si. The van der Waals surface area contributed by atoms with Crippen molar-refractivity contribution in [2.24, 2.45) is 5.92 Å². The summed E-state index contributed by atoms with van der Waals surface area (Å²) in [6.07, 6.45) is 1.98. The van der Waals surface area contributed by atoms with Gasteiger partial charge in [-0.1, -0.05) is 57.2 Å². The SMILES string of the molecule is CC(C)(C)OC(=O)/C=C/[C@H]1C[C@H]2[C@@H](CC(=O)OC(C)(C)C)N(C(=O)OCc3ccccc3)[C@@H](CCO[Si](C)(C)C(C)(C)C)C(=O)N2[C@@H]1C(=O)OC(C)(C)C. The molecule has 2 fully saturated rings. The van der Waals surface area contributed by atoms with Crippen molar-refractivity contribution in [2.75, 3.05) is 6.61 Å². The maximum Gasteiger partial charge on any atom is 0.411 e. The van der Waals surface area contributed by atoms with Crippen molar-refractivity contribution < 1.29 is 47.3 Å². The van der Waals surface area contributed by atoms with Gasteiger partial charge < -0.3 is 28.3 Å². The van der Waals surface area contributed by atoms with Gasteiger partial charge in [-0.25, -0.2) is 14.4 Å². The molecule has 1 aromatic carbocycles. The molecule has 54 heavy (non-hydrogen) atoms. The number of nitrogens with zero attached hydrogens (tertiary/aromatic N) is 2. The lowest BCUT2D eigenvalue weighted by Crippen LogP contribution is -2.69. The molecular weight excluding hydrogens is 709 g/mol. The number of carbonyl (C=O) groups excluding carboxylic acids is 5. The van der Waals surface area contributed by atoms with Gasteiger partial charge in [-0.15, -0.1) is 0 Å². The van der Waals surface area contributed by atoms with E-state index in [1.165, 1.54) is 15.9 Å². The molecule has 2 saturated heterocycles. The summed E-state index contributed by atoms with van der Waals surface area (Å²) in [5, 5.41) is -0.118. The zero-order chi connectivity index (χ0) is 41.0. The summed E-state index contributed by atoms with van der Waals surface area (Å²) >= 11 is 0. The third-order valence-electron chi connectivity index (χ3n) is 9.66. The molecule has 2 aliphatic heterocycles. The Kier molecular flexibility index (Phi) is 14.0. The van der Waals surface area contributed by atoms with Gasteiger partial charge in [0.1, 0.15) is 35.5 Å². The van der Waals surface area contributed by atoms with Crippen LogP contribution in [0.3, 0.4) is 0 Å². The highest BCUT2D eigenvalue weighted by molar-refractivity contribution is 6.74. The standard InChI is InChI=1S/C41H64N2O10Si/c1-38(2,3)51-32(44)21-20-28-24-30-31(25-33(45)52-39(4,5)6)42(37(48)49-26-27-18-16-15-17-19-27)29(22-23-50-54(13,14)41(10,11)12)35(46)43(30)34(28)36(47)53-40(7,8)9/h15-21,28-31,34H,22-26H2,1-14H3/b21-20+/t28-,29-,30-,31+,34-/m0/s1. The van der Waals surface area contributed by atoms with Crippen molar-refractivity contribution in [1.82, 2.24) is 9.80 Å². The summed E-state index contributed by atoms with van der Waals surface area (Å²) in [6.45, 7) is 26.3. The average molecular weight is 773 g/mol. The summed E-state index contributed by atoms with van der Waals surface area (Å²) in [6, 6.07) is 5.06. The Morgan fingerprint density at radius 1 is 0.833 bits per heavy atom. The topological polar surface area (TPSA) is 138 Å². The number of fused-ring (bicyclic) bond motifs is 1. The van der Waals surface area contributed by atoms with Crippen molar-refractivity contribution >= 4 is 38.2 Å². The number of amides is 2. The molecule has 0 aromatic heterocycles. The number of carbonyl (C=O) groups is 5. The molecule has 0 unspecified atom stereocenters. The van der Waals surface area contributed by atoms with Crippen LogP contribution in [0.2, 0.25) is 18.1 Å². The highest BCUT2D eigenvalue weighted by atomic mass is 28.4. The summed E-state index contributed by atoms with van der Waals surface area (Å²) in [5.74, 6) is -3.07. The molecule has 13 heteroatoms. The number of hydrogen-bond acceptors (Lipinski definition) is 10. The van der Waals surface area contributed by atoms with E-state index >= 15 is 0 Å². The smallest absolute Gasteiger partial charge is 0.411 e. The molecule has 302 valence electrons. The van der Waals surface area contributed by atoms with E-state index in [0.29, 0.717) is 0 Å². The van der Waals surface area contributed by atoms with Crippen LogP contribution in [0.25, 0.3) is 0 Å². The van der Waals surface area contributed by atoms with Gasteiger partial charge in [-0.3, -0.25) is 14.5 Å². The molecule has 12 nitrogen and oxygen atoms in total. The third kappa shape index (κ3) is 12.4. The zero-order valence-electron chi connectivity index (χ0n) is 34.9. The Morgan fingerprint density at radius 2 is 1.41 bits per heavy atom. The Hall–Kier alpha value is -3.71. The fourth-order valence-corrected chi connectivity index (χ4v) is 7.47. The van der Waals surface area contributed by atoms with E-state index in [4.69, 9.17) is 23.4 Å². The van der Waals surface area contributed by atoms with Crippen molar-refractivity contribution in [1.29, 1.82) is 0 Å². The minimum absolute atomic E-state index is 0.0626. The van der Waals surface area contributed by atoms with Crippen molar-refractivity contribution in [3.05, 3.63) is 48.0 Å². The third-order valence-corrected chi connectivity index (χ3v) is 14.2. The van der Waals surface area contributed by atoms with Gasteiger partial charge in [0.15, 0.2) is 8.32 Å². The summed E-state index contributed by atoms with van der Waals surface area (Å²) < 4.78 is 29.5. The van der Waals surface area contributed by atoms with E-state index in [9.17, 15) is 24.0 Å². The van der Waals surface area contributed by atoms with Crippen molar-refractivity contribution in [3.63, 3.8) is 0 Å². The predicted octanol–water partition coefficient (Wildman–Crippen LogP) is 7.35. The fraction of sp³-hybridized carbons (Fsp3) is 0.683. The molecule has 2 amide bonds. The molecule has 0 radical (unpaired) electrons. The van der Waals surface area contributed by atoms with Crippen molar-refractivity contribution in [2.45, 2.75) is 168 Å². The second-order valence-electron chi connectivity index (χ2n) is 18.8. The molecule has 1 aromatic rings. The van der Waals surface area contributed by atoms with Gasteiger partial charge in [-0.05, 0) is 98.9 Å². The first kappa shape index (κ1) is 44.7. The fourth-order valence-electron chi connectivity index (χ4n) is 6.41. The molecule has 2 aliphatic rings. The van der Waals surface area contributed by atoms with Gasteiger partial charge in [0, 0.05) is 18.6 Å². The van der Waals surface area contributed by atoms with Crippen LogP contribution in [-0.4, -0.2) is 95.6 Å². The predicted molar refractivity (Wildman–Crippen MR) is 208 cm³/mol. The first-order chi connectivity index (χ1) is 24.6. The highest BCUT2D eigenvalue weighted by Gasteiger charge is 2.59. The van der Waals surface area contributed by atoms with Gasteiger partial charge in [0.25, 0.3) is 0 Å². The van der Waals surface area contributed by atoms with Crippen molar-refractivity contribution in [3.8, 4) is 0 Å². The first-order valence-corrected chi connectivity index (χ1v) is 21.8. The van der Waals surface area contributed by atoms with Crippen LogP contribution in [0, 0.1) is 5.92 Å². The Bertz CT molecular complexity index is 1530. The lowest BCUT2D eigenvalue weighted by molar-refractivity contribution is -0.171. The van der Waals surface area contributed by atoms with E-state index < -0.39 is 85.1 Å². The average Bonchev–Trinajstić information content (AvgIpc) is 3.38. The zero-order valence-corrected chi connectivity index (χ0v) is 35.9. The molecule has 0 aliphatic carbocycles. The quantitative estimate of drug-likeness (QED) is 0.0972. The molecule has 5 atom stereocenters. The minimum atomic E-state index is -2.29. The molecule has 0 N–H and O–H groups in total. The van der Waals surface area contributed by atoms with E-state index in [2.05, 4.69) is 33.9 Å². The number of piperazine rings is 1. The largest absolute Gasteiger partial charge is 0.460 e. The molecule has 3 rings (SSSR count). The van der Waals surface area contributed by atoms with Crippen LogP contribution >= 0.6 is 0 Å². The van der Waals surface area contributed by atoms with Crippen LogP contribution in [0.5, 0.6) is 0 Å². The number of benzene rings is 1. The number of hydrogen-bond donors (Lipinski definition) is 0. The maximum absolute atomic E-state index is 15.0. The van der Waals surface area contributed by atoms with E-state index in [1.54, 1.807) is 68.4 Å². The highest BCUT2D eigenvalue weighted by Crippen LogP contribution is 2.43. The van der Waals surface area contributed by atoms with E-state index in [1.807, 2.05) is 30.3 Å². The number of ether oxygens (including phenoxy) is 4. The van der Waals surface area contributed by atoms with Crippen LogP contribution < -0.4 is 0 Å². The number of rotatable bonds is 11. The van der Waals surface area contributed by atoms with E-state index in [-0.39, 0.29) is 37.5 Å². The summed E-state index contributed by atoms with van der Waals surface area (Å²) in [5.41, 5.74) is -1.74. The summed E-state index contributed by atoms with van der Waals surface area (Å²) in [7, 11) is -2.29. The second-order valence-corrected chi connectivity index (χ2v) is 23.6. The van der Waals surface area contributed by atoms with Crippen LogP contribution in [0.1, 0.15) is 108 Å². The summed E-state index contributed by atoms with van der Waals surface area (Å²) in [4.78, 5) is 72.7. The van der Waals surface area contributed by atoms with Gasteiger partial charge >= 0.3 is 24.0 Å². The molecule has 0 saturated carbocycles. The van der Waals surface area contributed by atoms with Gasteiger partial charge in [0.05, 0.1) is 18.5 Å². The second kappa shape index (κ2) is 17.0. The van der Waals surface area contributed by atoms with Gasteiger partial charge in [-0.2, -0.15) is 0 Å². The lowest BCUT2D eigenvalue weighted by Gasteiger charge is -2.49. The Balaban J connectivity index is 2.18. The minimum Gasteiger partial charge on any atom is -0.460 e. The van der Waals surface area contributed by atoms with Gasteiger partial charge in [0.2, 0.25) is 5.91 Å². The molecule has 0 bridgehead atoms. The Morgan fingerprint density at radius 3 is 1.94 bits per heavy atom. The van der Waals surface area contributed by atoms with Crippen LogP contribution in [0.15, 0.2) is 42.5 Å². The maximum atomic E-state index is 15.0. The van der Waals surface area contributed by atoms with E-state index in [0.717, 1.165) is 5.56 Å². The molecule has 2 heterocycles. The number of esters is 3. The van der Waals surface area contributed by atoms with Crippen LogP contribution in [0.4, 0.5) is 4.79 Å². The molecule has 0 spiro atoms.